The molecule has 0 atom stereocenters. The molecule has 0 spiro atoms. The Hall–Kier alpha value is -2.44. The van der Waals surface area contributed by atoms with Gasteiger partial charge in [0, 0.05) is 20.6 Å². The third-order valence-corrected chi connectivity index (χ3v) is 2.40. The maximum atomic E-state index is 12.8. The van der Waals surface area contributed by atoms with Gasteiger partial charge in [-0.3, -0.25) is 0 Å². The second-order valence-corrected chi connectivity index (χ2v) is 4.19. The molecule has 100 valence electrons. The third-order valence-electron chi connectivity index (χ3n) is 2.40. The highest BCUT2D eigenvalue weighted by molar-refractivity contribution is 5.41. The minimum absolute atomic E-state index is 0.153. The Morgan fingerprint density at radius 2 is 1.84 bits per heavy atom. The van der Waals surface area contributed by atoms with Gasteiger partial charge in [0.15, 0.2) is 0 Å². The van der Waals surface area contributed by atoms with Crippen LogP contribution in [0.3, 0.4) is 0 Å². The Labute approximate surface area is 110 Å². The molecule has 1 aromatic carbocycles. The van der Waals surface area contributed by atoms with Gasteiger partial charge in [-0.2, -0.15) is 15.0 Å². The van der Waals surface area contributed by atoms with Crippen LogP contribution >= 0.6 is 0 Å². The highest BCUT2D eigenvalue weighted by Crippen LogP contribution is 2.10. The minimum Gasteiger partial charge on any atom is -0.368 e. The molecule has 0 bridgehead atoms. The topological polar surface area (TPSA) is 80.0 Å². The van der Waals surface area contributed by atoms with Crippen LogP contribution in [0.5, 0.6) is 0 Å². The quantitative estimate of drug-likeness (QED) is 0.863. The Kier molecular flexibility index (Phi) is 3.74. The number of nitrogen functional groups attached to an aromatic ring is 1. The van der Waals surface area contributed by atoms with Crippen LogP contribution in [0.2, 0.25) is 0 Å². The first-order valence-electron chi connectivity index (χ1n) is 5.72. The summed E-state index contributed by atoms with van der Waals surface area (Å²) in [6.45, 7) is 0.483. The highest BCUT2D eigenvalue weighted by Gasteiger charge is 2.05. The largest absolute Gasteiger partial charge is 0.368 e. The normalized spacial score (nSPS) is 10.3. The van der Waals surface area contributed by atoms with Crippen LogP contribution in [0.4, 0.5) is 22.2 Å². The van der Waals surface area contributed by atoms with Crippen LogP contribution in [-0.2, 0) is 6.54 Å². The van der Waals surface area contributed by atoms with E-state index in [1.165, 1.54) is 12.1 Å². The summed E-state index contributed by atoms with van der Waals surface area (Å²) in [6.07, 6.45) is 0. The minimum atomic E-state index is -0.261. The van der Waals surface area contributed by atoms with Gasteiger partial charge in [-0.15, -0.1) is 0 Å². The molecule has 19 heavy (non-hydrogen) atoms. The molecule has 7 heteroatoms. The van der Waals surface area contributed by atoms with Crippen molar-refractivity contribution in [3.05, 3.63) is 35.6 Å². The summed E-state index contributed by atoms with van der Waals surface area (Å²) < 4.78 is 12.8. The van der Waals surface area contributed by atoms with E-state index in [1.807, 2.05) is 14.1 Å². The summed E-state index contributed by atoms with van der Waals surface area (Å²) >= 11 is 0. The van der Waals surface area contributed by atoms with Gasteiger partial charge in [-0.1, -0.05) is 12.1 Å². The van der Waals surface area contributed by atoms with Crippen molar-refractivity contribution in [3.8, 4) is 0 Å². The van der Waals surface area contributed by atoms with Crippen LogP contribution in [0.1, 0.15) is 5.56 Å². The molecule has 0 unspecified atom stereocenters. The first-order chi connectivity index (χ1) is 9.04. The second kappa shape index (κ2) is 5.47. The predicted octanol–water partition coefficient (Wildman–Crippen LogP) is 1.27. The van der Waals surface area contributed by atoms with Crippen LogP contribution in [0.15, 0.2) is 24.3 Å². The van der Waals surface area contributed by atoms with E-state index in [9.17, 15) is 4.39 Å². The van der Waals surface area contributed by atoms with Crippen molar-refractivity contribution in [3.63, 3.8) is 0 Å². The predicted molar refractivity (Wildman–Crippen MR) is 72.3 cm³/mol. The number of rotatable bonds is 4. The molecule has 0 saturated heterocycles. The smallest absolute Gasteiger partial charge is 0.231 e. The molecule has 2 rings (SSSR count). The SMILES string of the molecule is CN(C)c1nc(N)nc(NCc2ccc(F)cc2)n1. The standard InChI is InChI=1S/C12H15FN6/c1-19(2)12-17-10(14)16-11(18-12)15-7-8-3-5-9(13)6-4-8/h3-6H,7H2,1-2H3,(H3,14,15,16,17,18). The lowest BCUT2D eigenvalue weighted by molar-refractivity contribution is 0.627. The molecule has 0 fully saturated rings. The third kappa shape index (κ3) is 3.51. The van der Waals surface area contributed by atoms with E-state index < -0.39 is 0 Å². The monoisotopic (exact) mass is 262 g/mol. The Bertz CT molecular complexity index is 555. The van der Waals surface area contributed by atoms with Gasteiger partial charge in [-0.05, 0) is 17.7 Å². The van der Waals surface area contributed by atoms with Crippen LogP contribution in [0, 0.1) is 5.82 Å². The summed E-state index contributed by atoms with van der Waals surface area (Å²) in [7, 11) is 3.64. The number of aromatic nitrogens is 3. The Morgan fingerprint density at radius 1 is 1.16 bits per heavy atom. The van der Waals surface area contributed by atoms with E-state index in [2.05, 4.69) is 20.3 Å². The van der Waals surface area contributed by atoms with Gasteiger partial charge in [-0.25, -0.2) is 4.39 Å². The summed E-state index contributed by atoms with van der Waals surface area (Å²) in [5.74, 6) is 0.762. The lowest BCUT2D eigenvalue weighted by Crippen LogP contribution is -2.16. The molecule has 0 aliphatic rings. The van der Waals surface area contributed by atoms with Crippen molar-refractivity contribution in [1.82, 2.24) is 15.0 Å². The fourth-order valence-corrected chi connectivity index (χ4v) is 1.44. The van der Waals surface area contributed by atoms with Crippen molar-refractivity contribution in [2.75, 3.05) is 30.0 Å². The molecule has 6 nitrogen and oxygen atoms in total. The van der Waals surface area contributed by atoms with Gasteiger partial charge in [0.05, 0.1) is 0 Å². The zero-order chi connectivity index (χ0) is 13.8. The number of anilines is 3. The first kappa shape index (κ1) is 13.0. The molecule has 1 aromatic heterocycles. The van der Waals surface area contributed by atoms with Crippen molar-refractivity contribution in [2.24, 2.45) is 0 Å². The van der Waals surface area contributed by atoms with Gasteiger partial charge < -0.3 is 16.0 Å². The number of nitrogens with two attached hydrogens (primary N) is 1. The maximum Gasteiger partial charge on any atom is 0.231 e. The number of nitrogens with one attached hydrogen (secondary N) is 1. The van der Waals surface area contributed by atoms with Crippen molar-refractivity contribution in [1.29, 1.82) is 0 Å². The van der Waals surface area contributed by atoms with E-state index in [0.29, 0.717) is 18.4 Å². The Balaban J connectivity index is 2.08. The van der Waals surface area contributed by atoms with E-state index in [0.717, 1.165) is 5.56 Å². The summed E-state index contributed by atoms with van der Waals surface area (Å²) in [4.78, 5) is 13.9. The second-order valence-electron chi connectivity index (χ2n) is 4.19. The lowest BCUT2D eigenvalue weighted by Gasteiger charge is -2.12. The number of halogens is 1. The molecule has 2 aromatic rings. The van der Waals surface area contributed by atoms with Gasteiger partial charge in [0.2, 0.25) is 17.8 Å². The number of hydrogen-bond acceptors (Lipinski definition) is 6. The highest BCUT2D eigenvalue weighted by atomic mass is 19.1. The van der Waals surface area contributed by atoms with Gasteiger partial charge >= 0.3 is 0 Å². The summed E-state index contributed by atoms with van der Waals surface area (Å²) in [6, 6.07) is 6.20. The zero-order valence-corrected chi connectivity index (χ0v) is 10.8. The van der Waals surface area contributed by atoms with E-state index >= 15 is 0 Å². The molecule has 0 aliphatic carbocycles. The Morgan fingerprint density at radius 3 is 2.47 bits per heavy atom. The average molecular weight is 262 g/mol. The number of benzene rings is 1. The first-order valence-corrected chi connectivity index (χ1v) is 5.72. The van der Waals surface area contributed by atoms with Gasteiger partial charge in [0.1, 0.15) is 5.82 Å². The van der Waals surface area contributed by atoms with Crippen molar-refractivity contribution < 1.29 is 4.39 Å². The zero-order valence-electron chi connectivity index (χ0n) is 10.8. The fraction of sp³-hybridized carbons (Fsp3) is 0.250. The van der Waals surface area contributed by atoms with E-state index in [4.69, 9.17) is 5.73 Å². The molecular weight excluding hydrogens is 247 g/mol. The molecule has 3 N–H and O–H groups in total. The van der Waals surface area contributed by atoms with Gasteiger partial charge in [0.25, 0.3) is 0 Å². The van der Waals surface area contributed by atoms with Crippen molar-refractivity contribution in [2.45, 2.75) is 6.54 Å². The summed E-state index contributed by atoms with van der Waals surface area (Å²) in [5.41, 5.74) is 6.53. The maximum absolute atomic E-state index is 12.8. The van der Waals surface area contributed by atoms with Crippen LogP contribution in [-0.4, -0.2) is 29.0 Å². The molecular formula is C12H15FN6. The summed E-state index contributed by atoms with van der Waals surface area (Å²) in [5, 5.41) is 3.03. The molecule has 1 heterocycles. The average Bonchev–Trinajstić information content (AvgIpc) is 2.37. The molecule has 0 aliphatic heterocycles. The van der Waals surface area contributed by atoms with E-state index in [1.54, 1.807) is 17.0 Å². The van der Waals surface area contributed by atoms with Crippen LogP contribution in [0.25, 0.3) is 0 Å². The van der Waals surface area contributed by atoms with Crippen molar-refractivity contribution >= 4 is 17.8 Å². The van der Waals surface area contributed by atoms with Crippen LogP contribution < -0.4 is 16.0 Å². The molecule has 0 amide bonds. The van der Waals surface area contributed by atoms with E-state index in [-0.39, 0.29) is 11.8 Å². The number of hydrogen-bond donors (Lipinski definition) is 2. The lowest BCUT2D eigenvalue weighted by atomic mass is 10.2. The fourth-order valence-electron chi connectivity index (χ4n) is 1.44. The molecule has 0 radical (unpaired) electrons. The molecule has 0 saturated carbocycles. The number of nitrogens with zero attached hydrogens (tertiary/aromatic N) is 4.